The molecule has 8 aromatic rings. The molecule has 0 unspecified atom stereocenters. The van der Waals surface area contributed by atoms with E-state index in [1.807, 2.05) is 0 Å². The lowest BCUT2D eigenvalue weighted by atomic mass is 9.70. The summed E-state index contributed by atoms with van der Waals surface area (Å²) in [6, 6.07) is 64.5. The lowest BCUT2D eigenvalue weighted by molar-refractivity contribution is 0.626. The van der Waals surface area contributed by atoms with Crippen LogP contribution in [0.25, 0.3) is 33.4 Å². The first-order valence-corrected chi connectivity index (χ1v) is 22.4. The van der Waals surface area contributed by atoms with Crippen molar-refractivity contribution < 1.29 is 0 Å². The Balaban J connectivity index is 1.04. The fourth-order valence-corrected chi connectivity index (χ4v) is 11.9. The Morgan fingerprint density at radius 1 is 0.258 bits per heavy atom. The van der Waals surface area contributed by atoms with Gasteiger partial charge in [0, 0.05) is 33.0 Å². The minimum atomic E-state index is -0.260. The molecule has 0 amide bonds. The third-order valence-corrected chi connectivity index (χ3v) is 15.4. The summed E-state index contributed by atoms with van der Waals surface area (Å²) in [5.74, 6) is 0. The Kier molecular flexibility index (Phi) is 7.48. The SMILES string of the molecule is CC1(C)c2ccccc2-c2cc3c(cc21)N(c1ccccc1)c1ccc(-c2ccc4c(c2)C(C)(C)c2cc5c(cc2N4c2ccccc2)C(C)(C)c2ccccc2-5)cc1C3(C)C. The summed E-state index contributed by atoms with van der Waals surface area (Å²) in [5.41, 5.74) is 25.6. The number of para-hydroxylation sites is 2. The van der Waals surface area contributed by atoms with Gasteiger partial charge >= 0.3 is 0 Å². The van der Waals surface area contributed by atoms with Crippen molar-refractivity contribution in [2.75, 3.05) is 9.80 Å². The molecule has 0 fully saturated rings. The molecule has 302 valence electrons. The first-order chi connectivity index (χ1) is 29.8. The smallest absolute Gasteiger partial charge is 0.0506 e. The van der Waals surface area contributed by atoms with Crippen LogP contribution in [0.15, 0.2) is 170 Å². The molecule has 0 atom stereocenters. The van der Waals surface area contributed by atoms with Gasteiger partial charge in [0.15, 0.2) is 0 Å². The maximum absolute atomic E-state index is 2.52. The Hall–Kier alpha value is -6.64. The van der Waals surface area contributed by atoms with Crippen LogP contribution in [-0.2, 0) is 21.7 Å². The summed E-state index contributed by atoms with van der Waals surface area (Å²) in [6.07, 6.45) is 0. The fraction of sp³-hybridized carbons (Fsp3) is 0.200. The average Bonchev–Trinajstić information content (AvgIpc) is 3.65. The summed E-state index contributed by atoms with van der Waals surface area (Å²) in [7, 11) is 0. The van der Waals surface area contributed by atoms with Crippen molar-refractivity contribution in [3.63, 3.8) is 0 Å². The van der Waals surface area contributed by atoms with Gasteiger partial charge in [-0.15, -0.1) is 0 Å². The van der Waals surface area contributed by atoms with E-state index >= 15 is 0 Å². The van der Waals surface area contributed by atoms with E-state index in [0.717, 1.165) is 0 Å². The number of fused-ring (bicyclic) bond motifs is 10. The molecule has 4 aliphatic rings. The van der Waals surface area contributed by atoms with Crippen molar-refractivity contribution in [1.29, 1.82) is 0 Å². The highest BCUT2D eigenvalue weighted by molar-refractivity contribution is 5.95. The van der Waals surface area contributed by atoms with Crippen LogP contribution in [0.5, 0.6) is 0 Å². The molecule has 2 nitrogen and oxygen atoms in total. The average molecular weight is 801 g/mol. The lowest BCUT2D eigenvalue weighted by Gasteiger charge is -2.43. The summed E-state index contributed by atoms with van der Waals surface area (Å²) < 4.78 is 0. The Morgan fingerprint density at radius 3 is 1.00 bits per heavy atom. The molecule has 0 saturated carbocycles. The van der Waals surface area contributed by atoms with Crippen LogP contribution >= 0.6 is 0 Å². The zero-order valence-corrected chi connectivity index (χ0v) is 37.1. The van der Waals surface area contributed by atoms with Crippen LogP contribution in [0.3, 0.4) is 0 Å². The van der Waals surface area contributed by atoms with E-state index in [-0.39, 0.29) is 21.7 Å². The number of benzene rings is 8. The van der Waals surface area contributed by atoms with E-state index in [1.54, 1.807) is 0 Å². The van der Waals surface area contributed by atoms with E-state index < -0.39 is 0 Å². The highest BCUT2D eigenvalue weighted by Crippen LogP contribution is 2.60. The number of rotatable bonds is 3. The topological polar surface area (TPSA) is 6.48 Å². The van der Waals surface area contributed by atoms with Crippen molar-refractivity contribution >= 4 is 34.1 Å². The quantitative estimate of drug-likeness (QED) is 0.176. The van der Waals surface area contributed by atoms with Crippen molar-refractivity contribution in [2.24, 2.45) is 0 Å². The van der Waals surface area contributed by atoms with Gasteiger partial charge in [-0.05, 0) is 151 Å². The second-order valence-electron chi connectivity index (χ2n) is 20.2. The van der Waals surface area contributed by atoms with E-state index in [0.29, 0.717) is 0 Å². The number of anilines is 6. The van der Waals surface area contributed by atoms with Gasteiger partial charge in [-0.3, -0.25) is 0 Å². The molecule has 0 bridgehead atoms. The van der Waals surface area contributed by atoms with Crippen LogP contribution in [0.4, 0.5) is 34.1 Å². The molecule has 0 saturated heterocycles. The molecule has 0 N–H and O–H groups in total. The molecular weight excluding hydrogens is 749 g/mol. The number of hydrogen-bond acceptors (Lipinski definition) is 2. The van der Waals surface area contributed by atoms with Crippen LogP contribution < -0.4 is 9.80 Å². The predicted molar refractivity (Wildman–Crippen MR) is 261 cm³/mol. The van der Waals surface area contributed by atoms with Crippen LogP contribution in [0, 0.1) is 0 Å². The summed E-state index contributed by atoms with van der Waals surface area (Å²) >= 11 is 0. The number of nitrogens with zero attached hydrogens (tertiary/aromatic N) is 2. The second kappa shape index (κ2) is 12.5. The maximum Gasteiger partial charge on any atom is 0.0506 e. The molecule has 62 heavy (non-hydrogen) atoms. The minimum Gasteiger partial charge on any atom is -0.310 e. The van der Waals surface area contributed by atoms with Crippen molar-refractivity contribution in [1.82, 2.24) is 0 Å². The number of hydrogen-bond donors (Lipinski definition) is 0. The largest absolute Gasteiger partial charge is 0.310 e. The van der Waals surface area contributed by atoms with E-state index in [1.165, 1.54) is 112 Å². The van der Waals surface area contributed by atoms with Gasteiger partial charge < -0.3 is 9.80 Å². The van der Waals surface area contributed by atoms with Gasteiger partial charge in [0.1, 0.15) is 0 Å². The molecule has 2 aliphatic carbocycles. The molecule has 12 rings (SSSR count). The zero-order chi connectivity index (χ0) is 42.5. The third kappa shape index (κ3) is 4.87. The van der Waals surface area contributed by atoms with Gasteiger partial charge in [-0.1, -0.05) is 152 Å². The molecule has 8 aromatic carbocycles. The highest BCUT2D eigenvalue weighted by atomic mass is 15.2. The molecule has 2 heterocycles. The van der Waals surface area contributed by atoms with Crippen LogP contribution in [0.2, 0.25) is 0 Å². The van der Waals surface area contributed by atoms with Gasteiger partial charge in [0.25, 0.3) is 0 Å². The Labute approximate surface area is 367 Å². The summed E-state index contributed by atoms with van der Waals surface area (Å²) in [5, 5.41) is 0. The third-order valence-electron chi connectivity index (χ3n) is 15.4. The van der Waals surface area contributed by atoms with Gasteiger partial charge in [0.2, 0.25) is 0 Å². The maximum atomic E-state index is 2.52. The molecule has 2 heteroatoms. The van der Waals surface area contributed by atoms with Crippen molar-refractivity contribution in [3.8, 4) is 33.4 Å². The second-order valence-corrected chi connectivity index (χ2v) is 20.2. The van der Waals surface area contributed by atoms with Crippen molar-refractivity contribution in [3.05, 3.63) is 214 Å². The van der Waals surface area contributed by atoms with Crippen LogP contribution in [-0.4, -0.2) is 0 Å². The van der Waals surface area contributed by atoms with Crippen molar-refractivity contribution in [2.45, 2.75) is 77.0 Å². The highest BCUT2D eigenvalue weighted by Gasteiger charge is 2.44. The molecule has 0 spiro atoms. The van der Waals surface area contributed by atoms with Gasteiger partial charge in [-0.25, -0.2) is 0 Å². The standard InChI is InChI=1S/C60H52N2/c1-57(2)45-25-17-15-23-41(45)43-33-51-55(35-47(43)57)61(39-19-11-9-12-20-39)53-29-27-37(31-49(53)59(51,5)6)38-28-30-54-50(32-38)60(7,8)52-34-44-42-24-16-18-26-46(42)58(3,4)48(44)36-56(52)62(54)40-21-13-10-14-22-40/h9-36H,1-8H3. The lowest BCUT2D eigenvalue weighted by Crippen LogP contribution is -2.31. The van der Waals surface area contributed by atoms with E-state index in [9.17, 15) is 0 Å². The molecule has 0 aromatic heterocycles. The Bertz CT molecular complexity index is 2970. The van der Waals surface area contributed by atoms with Gasteiger partial charge in [0.05, 0.1) is 22.7 Å². The van der Waals surface area contributed by atoms with E-state index in [2.05, 4.69) is 235 Å². The predicted octanol–water partition coefficient (Wildman–Crippen LogP) is 16.2. The first-order valence-electron chi connectivity index (χ1n) is 22.4. The van der Waals surface area contributed by atoms with Crippen LogP contribution in [0.1, 0.15) is 99.9 Å². The van der Waals surface area contributed by atoms with Gasteiger partial charge in [-0.2, -0.15) is 0 Å². The minimum absolute atomic E-state index is 0.0878. The summed E-state index contributed by atoms with van der Waals surface area (Å²) in [4.78, 5) is 5.03. The summed E-state index contributed by atoms with van der Waals surface area (Å²) in [6.45, 7) is 19.2. The normalized spacial score (nSPS) is 17.2. The molecule has 2 aliphatic heterocycles. The fourth-order valence-electron chi connectivity index (χ4n) is 11.9. The first kappa shape index (κ1) is 37.1. The molecule has 0 radical (unpaired) electrons. The van der Waals surface area contributed by atoms with E-state index in [4.69, 9.17) is 0 Å². The Morgan fingerprint density at radius 2 is 0.597 bits per heavy atom. The molecular formula is C60H52N2. The monoisotopic (exact) mass is 800 g/mol. The zero-order valence-electron chi connectivity index (χ0n) is 37.1.